The molecule has 7 heteroatoms. The summed E-state index contributed by atoms with van der Waals surface area (Å²) in [5.41, 5.74) is -0.171. The van der Waals surface area contributed by atoms with Crippen molar-refractivity contribution in [3.05, 3.63) is 77.3 Å². The normalized spacial score (nSPS) is 16.8. The van der Waals surface area contributed by atoms with Gasteiger partial charge in [0.1, 0.15) is 28.7 Å². The third-order valence-corrected chi connectivity index (χ3v) is 6.10. The van der Waals surface area contributed by atoms with Gasteiger partial charge in [-0.3, -0.25) is 0 Å². The van der Waals surface area contributed by atoms with Crippen molar-refractivity contribution < 1.29 is 28.8 Å². The molecule has 1 atom stereocenters. The highest BCUT2D eigenvalue weighted by molar-refractivity contribution is 6.32. The molecular weight excluding hydrogens is 456 g/mol. The van der Waals surface area contributed by atoms with E-state index in [-0.39, 0.29) is 0 Å². The predicted molar refractivity (Wildman–Crippen MR) is 130 cm³/mol. The molecule has 34 heavy (non-hydrogen) atoms. The van der Waals surface area contributed by atoms with Crippen LogP contribution in [0.5, 0.6) is 28.7 Å². The Morgan fingerprint density at radius 2 is 1.76 bits per heavy atom. The lowest BCUT2D eigenvalue weighted by molar-refractivity contribution is -0.157. The van der Waals surface area contributed by atoms with E-state index in [1.54, 1.807) is 18.2 Å². The number of aryl methyl sites for hydroxylation is 1. The molecule has 1 heterocycles. The number of halogens is 1. The standard InChI is InChI=1S/C27H27ClO6/c1-2-27(26(29)30)14-13-19-9-10-21(18-25(19)34-27)31-15-6-16-32-24-12-11-22(17-23(24)28)33-20-7-4-3-5-8-20/h3-5,7-12,17-18H,2,6,13-16H2,1H3,(H,29,30)/t27-/m0/s1. The third kappa shape index (κ3) is 5.57. The van der Waals surface area contributed by atoms with E-state index in [2.05, 4.69) is 0 Å². The Hall–Kier alpha value is -3.38. The first-order valence-electron chi connectivity index (χ1n) is 11.3. The number of ether oxygens (including phenoxy) is 4. The van der Waals surface area contributed by atoms with Gasteiger partial charge in [0.05, 0.1) is 18.2 Å². The fraction of sp³-hybridized carbons (Fsp3) is 0.296. The molecular formula is C27H27ClO6. The molecule has 0 fully saturated rings. The minimum absolute atomic E-state index is 0.409. The Kier molecular flexibility index (Phi) is 7.48. The number of carboxylic acid groups (broad SMARTS) is 1. The molecule has 1 aliphatic rings. The van der Waals surface area contributed by atoms with Gasteiger partial charge >= 0.3 is 5.97 Å². The quantitative estimate of drug-likeness (QED) is 0.331. The highest BCUT2D eigenvalue weighted by Gasteiger charge is 2.42. The maximum absolute atomic E-state index is 11.7. The molecule has 178 valence electrons. The molecule has 0 saturated carbocycles. The van der Waals surface area contributed by atoms with Gasteiger partial charge in [-0.25, -0.2) is 4.79 Å². The smallest absolute Gasteiger partial charge is 0.348 e. The van der Waals surface area contributed by atoms with Gasteiger partial charge in [0.25, 0.3) is 0 Å². The summed E-state index contributed by atoms with van der Waals surface area (Å²) >= 11 is 6.34. The fourth-order valence-electron chi connectivity index (χ4n) is 3.79. The highest BCUT2D eigenvalue weighted by atomic mass is 35.5. The van der Waals surface area contributed by atoms with E-state index in [1.165, 1.54) is 0 Å². The minimum Gasteiger partial charge on any atom is -0.493 e. The van der Waals surface area contributed by atoms with E-state index in [0.29, 0.717) is 66.9 Å². The van der Waals surface area contributed by atoms with Crippen LogP contribution in [0.25, 0.3) is 0 Å². The highest BCUT2D eigenvalue weighted by Crippen LogP contribution is 2.37. The van der Waals surface area contributed by atoms with Gasteiger partial charge < -0.3 is 24.1 Å². The van der Waals surface area contributed by atoms with Crippen LogP contribution in [0, 0.1) is 0 Å². The second-order valence-corrected chi connectivity index (χ2v) is 8.49. The molecule has 0 aliphatic carbocycles. The number of carbonyl (C=O) groups is 1. The Morgan fingerprint density at radius 3 is 2.50 bits per heavy atom. The first-order valence-corrected chi connectivity index (χ1v) is 11.7. The number of hydrogen-bond donors (Lipinski definition) is 1. The zero-order valence-corrected chi connectivity index (χ0v) is 19.7. The van der Waals surface area contributed by atoms with Crippen molar-refractivity contribution in [1.29, 1.82) is 0 Å². The van der Waals surface area contributed by atoms with E-state index < -0.39 is 11.6 Å². The first kappa shape index (κ1) is 23.8. The second-order valence-electron chi connectivity index (χ2n) is 8.08. The van der Waals surface area contributed by atoms with Crippen LogP contribution in [0.4, 0.5) is 0 Å². The Morgan fingerprint density at radius 1 is 1.00 bits per heavy atom. The summed E-state index contributed by atoms with van der Waals surface area (Å²) < 4.78 is 23.3. The molecule has 1 aliphatic heterocycles. The second kappa shape index (κ2) is 10.7. The van der Waals surface area contributed by atoms with Crippen molar-refractivity contribution in [2.75, 3.05) is 13.2 Å². The number of benzene rings is 3. The van der Waals surface area contributed by atoms with Gasteiger partial charge in [0.15, 0.2) is 0 Å². The predicted octanol–water partition coefficient (Wildman–Crippen LogP) is 6.54. The third-order valence-electron chi connectivity index (χ3n) is 5.80. The lowest BCUT2D eigenvalue weighted by atomic mass is 9.89. The van der Waals surface area contributed by atoms with Gasteiger partial charge in [0.2, 0.25) is 5.60 Å². The number of para-hydroxylation sites is 1. The van der Waals surface area contributed by atoms with Gasteiger partial charge in [-0.1, -0.05) is 42.8 Å². The fourth-order valence-corrected chi connectivity index (χ4v) is 4.02. The van der Waals surface area contributed by atoms with Crippen molar-refractivity contribution in [3.63, 3.8) is 0 Å². The van der Waals surface area contributed by atoms with Crippen molar-refractivity contribution in [2.45, 2.75) is 38.2 Å². The molecule has 4 rings (SSSR count). The van der Waals surface area contributed by atoms with Crippen molar-refractivity contribution in [1.82, 2.24) is 0 Å². The van der Waals surface area contributed by atoms with Gasteiger partial charge in [-0.05, 0) is 48.7 Å². The molecule has 0 bridgehead atoms. The van der Waals surface area contributed by atoms with Crippen LogP contribution in [-0.4, -0.2) is 29.9 Å². The van der Waals surface area contributed by atoms with E-state index in [4.69, 9.17) is 30.5 Å². The van der Waals surface area contributed by atoms with Crippen LogP contribution in [-0.2, 0) is 11.2 Å². The molecule has 3 aromatic rings. The topological polar surface area (TPSA) is 74.2 Å². The number of fused-ring (bicyclic) bond motifs is 1. The monoisotopic (exact) mass is 482 g/mol. The average molecular weight is 483 g/mol. The molecule has 1 N–H and O–H groups in total. The average Bonchev–Trinajstić information content (AvgIpc) is 2.85. The molecule has 0 saturated heterocycles. The van der Waals surface area contributed by atoms with Gasteiger partial charge in [-0.15, -0.1) is 0 Å². The zero-order valence-electron chi connectivity index (χ0n) is 19.0. The molecule has 6 nitrogen and oxygen atoms in total. The summed E-state index contributed by atoms with van der Waals surface area (Å²) in [6.45, 7) is 2.69. The van der Waals surface area contributed by atoms with Crippen LogP contribution in [0.1, 0.15) is 31.7 Å². The van der Waals surface area contributed by atoms with Crippen molar-refractivity contribution in [2.24, 2.45) is 0 Å². The summed E-state index contributed by atoms with van der Waals surface area (Å²) in [6.07, 6.45) is 2.18. The Labute approximate surface area is 204 Å². The largest absolute Gasteiger partial charge is 0.493 e. The SMILES string of the molecule is CC[C@@]1(C(=O)O)CCc2ccc(OCCCOc3ccc(Oc4ccccc4)cc3Cl)cc2O1. The molecule has 3 aromatic carbocycles. The summed E-state index contributed by atoms with van der Waals surface area (Å²) in [5.74, 6) is 2.23. The Bertz CT molecular complexity index is 1130. The lowest BCUT2D eigenvalue weighted by Gasteiger charge is -2.34. The van der Waals surface area contributed by atoms with Crippen molar-refractivity contribution >= 4 is 17.6 Å². The van der Waals surface area contributed by atoms with Crippen LogP contribution in [0.2, 0.25) is 5.02 Å². The summed E-state index contributed by atoms with van der Waals surface area (Å²) in [7, 11) is 0. The summed E-state index contributed by atoms with van der Waals surface area (Å²) in [4.78, 5) is 11.7. The number of hydrogen-bond acceptors (Lipinski definition) is 5. The Balaban J connectivity index is 1.25. The van der Waals surface area contributed by atoms with Crippen LogP contribution >= 0.6 is 11.6 Å². The van der Waals surface area contributed by atoms with Crippen molar-refractivity contribution in [3.8, 4) is 28.7 Å². The van der Waals surface area contributed by atoms with E-state index >= 15 is 0 Å². The number of carboxylic acids is 1. The molecule has 0 unspecified atom stereocenters. The molecule has 0 radical (unpaired) electrons. The number of rotatable bonds is 10. The van der Waals surface area contributed by atoms with E-state index in [0.717, 1.165) is 11.3 Å². The van der Waals surface area contributed by atoms with Crippen LogP contribution in [0.15, 0.2) is 66.7 Å². The maximum atomic E-state index is 11.7. The first-order chi connectivity index (χ1) is 16.5. The molecule has 0 aromatic heterocycles. The molecule has 0 spiro atoms. The maximum Gasteiger partial charge on any atom is 0.348 e. The van der Waals surface area contributed by atoms with Crippen LogP contribution < -0.4 is 18.9 Å². The zero-order chi connectivity index (χ0) is 24.0. The van der Waals surface area contributed by atoms with Gasteiger partial charge in [0, 0.05) is 25.0 Å². The minimum atomic E-state index is -1.17. The molecule has 0 amide bonds. The summed E-state index contributed by atoms with van der Waals surface area (Å²) in [5, 5.41) is 10.1. The number of aliphatic carboxylic acids is 1. The van der Waals surface area contributed by atoms with Gasteiger partial charge in [-0.2, -0.15) is 0 Å². The van der Waals surface area contributed by atoms with Crippen LogP contribution in [0.3, 0.4) is 0 Å². The lowest BCUT2D eigenvalue weighted by Crippen LogP contribution is -2.46. The summed E-state index contributed by atoms with van der Waals surface area (Å²) in [6, 6.07) is 20.4. The van der Waals surface area contributed by atoms with E-state index in [1.807, 2.05) is 55.5 Å². The van der Waals surface area contributed by atoms with E-state index in [9.17, 15) is 9.90 Å².